The van der Waals surface area contributed by atoms with Crippen LogP contribution in [0.5, 0.6) is 0 Å². The van der Waals surface area contributed by atoms with E-state index >= 15 is 0 Å². The molecule has 0 fully saturated rings. The first-order chi connectivity index (χ1) is 8.83. The zero-order valence-corrected chi connectivity index (χ0v) is 9.64. The third-order valence-corrected chi connectivity index (χ3v) is 2.43. The van der Waals surface area contributed by atoms with Gasteiger partial charge in [-0.05, 0) is 12.1 Å². The number of nitrogens with one attached hydrogen (secondary N) is 2. The Bertz CT molecular complexity index is 570. The molecule has 0 aliphatic carbocycles. The molecule has 2 rings (SSSR count). The van der Waals surface area contributed by atoms with Crippen molar-refractivity contribution in [2.24, 2.45) is 4.99 Å². The summed E-state index contributed by atoms with van der Waals surface area (Å²) in [6.07, 6.45) is 1.39. The average molecular weight is 237 g/mol. The molecule has 2 N–H and O–H groups in total. The topological polar surface area (TPSA) is 84.0 Å². The zero-order valence-electron chi connectivity index (χ0n) is 9.64. The first kappa shape index (κ1) is 11.7. The molecular formula is C13H11N5. The van der Waals surface area contributed by atoms with E-state index in [0.29, 0.717) is 0 Å². The van der Waals surface area contributed by atoms with Crippen LogP contribution in [0, 0.1) is 22.7 Å². The van der Waals surface area contributed by atoms with Crippen LogP contribution in [0.3, 0.4) is 0 Å². The van der Waals surface area contributed by atoms with Crippen molar-refractivity contribution in [1.29, 1.82) is 10.5 Å². The number of anilines is 1. The summed E-state index contributed by atoms with van der Waals surface area (Å²) in [5.74, 6) is 0.878. The number of hydrogen-bond acceptors (Lipinski definition) is 5. The standard InChI is InChI=1S/C13H11N5/c14-7-10(8-15)9-18-12-3-1-2-11(6-12)13-16-4-5-17-13/h1-3,6,9,18H,4-5H2,(H,16,17). The predicted molar refractivity (Wildman–Crippen MR) is 68.8 cm³/mol. The highest BCUT2D eigenvalue weighted by atomic mass is 15.1. The predicted octanol–water partition coefficient (Wildman–Crippen LogP) is 1.38. The van der Waals surface area contributed by atoms with Gasteiger partial charge in [-0.15, -0.1) is 0 Å². The molecule has 1 aliphatic heterocycles. The van der Waals surface area contributed by atoms with Gasteiger partial charge in [-0.2, -0.15) is 10.5 Å². The van der Waals surface area contributed by atoms with Gasteiger partial charge in [0.25, 0.3) is 0 Å². The van der Waals surface area contributed by atoms with Crippen LogP contribution in [-0.4, -0.2) is 18.9 Å². The second-order valence-electron chi connectivity index (χ2n) is 3.66. The lowest BCUT2D eigenvalue weighted by atomic mass is 10.2. The first-order valence-corrected chi connectivity index (χ1v) is 5.49. The number of hydrogen-bond donors (Lipinski definition) is 2. The van der Waals surface area contributed by atoms with Crippen molar-refractivity contribution in [2.75, 3.05) is 18.4 Å². The minimum absolute atomic E-state index is 0.0386. The van der Waals surface area contributed by atoms with Gasteiger partial charge in [0.05, 0.1) is 6.54 Å². The molecule has 1 aromatic carbocycles. The average Bonchev–Trinajstić information content (AvgIpc) is 2.94. The number of amidine groups is 1. The number of nitrogens with zero attached hydrogens (tertiary/aromatic N) is 3. The van der Waals surface area contributed by atoms with E-state index in [2.05, 4.69) is 15.6 Å². The van der Waals surface area contributed by atoms with E-state index < -0.39 is 0 Å². The Morgan fingerprint density at radius 3 is 2.89 bits per heavy atom. The van der Waals surface area contributed by atoms with E-state index in [0.717, 1.165) is 30.2 Å². The Kier molecular flexibility index (Phi) is 3.58. The lowest BCUT2D eigenvalue weighted by Gasteiger charge is -2.05. The fourth-order valence-corrected chi connectivity index (χ4v) is 1.59. The fraction of sp³-hybridized carbons (Fsp3) is 0.154. The largest absolute Gasteiger partial charge is 0.368 e. The quantitative estimate of drug-likeness (QED) is 0.778. The van der Waals surface area contributed by atoms with Crippen molar-refractivity contribution in [2.45, 2.75) is 0 Å². The first-order valence-electron chi connectivity index (χ1n) is 5.49. The summed E-state index contributed by atoms with van der Waals surface area (Å²) in [4.78, 5) is 4.33. The minimum atomic E-state index is 0.0386. The lowest BCUT2D eigenvalue weighted by molar-refractivity contribution is 0.960. The van der Waals surface area contributed by atoms with Crippen LogP contribution in [-0.2, 0) is 0 Å². The van der Waals surface area contributed by atoms with Crippen LogP contribution in [0.2, 0.25) is 0 Å². The Hall–Kier alpha value is -2.79. The Morgan fingerprint density at radius 1 is 1.39 bits per heavy atom. The number of aliphatic imine (C=N–C) groups is 1. The normalized spacial score (nSPS) is 12.7. The summed E-state index contributed by atoms with van der Waals surface area (Å²) in [5.41, 5.74) is 1.84. The molecule has 0 saturated heterocycles. The zero-order chi connectivity index (χ0) is 12.8. The van der Waals surface area contributed by atoms with Gasteiger partial charge in [0, 0.05) is 24.0 Å². The maximum Gasteiger partial charge on any atom is 0.145 e. The van der Waals surface area contributed by atoms with Gasteiger partial charge in [-0.25, -0.2) is 0 Å². The smallest absolute Gasteiger partial charge is 0.145 e. The minimum Gasteiger partial charge on any atom is -0.368 e. The summed E-state index contributed by atoms with van der Waals surface area (Å²) in [7, 11) is 0. The molecular weight excluding hydrogens is 226 g/mol. The summed E-state index contributed by atoms with van der Waals surface area (Å²) < 4.78 is 0. The van der Waals surface area contributed by atoms with Crippen LogP contribution in [0.15, 0.2) is 41.0 Å². The van der Waals surface area contributed by atoms with Gasteiger partial charge in [-0.1, -0.05) is 12.1 Å². The van der Waals surface area contributed by atoms with E-state index in [9.17, 15) is 0 Å². The molecule has 1 aliphatic rings. The van der Waals surface area contributed by atoms with Crippen molar-refractivity contribution in [3.05, 3.63) is 41.6 Å². The third kappa shape index (κ3) is 2.66. The van der Waals surface area contributed by atoms with Gasteiger partial charge in [-0.3, -0.25) is 4.99 Å². The van der Waals surface area contributed by atoms with Gasteiger partial charge in [0.2, 0.25) is 0 Å². The van der Waals surface area contributed by atoms with E-state index in [1.165, 1.54) is 6.20 Å². The van der Waals surface area contributed by atoms with Crippen LogP contribution in [0.25, 0.3) is 0 Å². The maximum atomic E-state index is 8.62. The van der Waals surface area contributed by atoms with E-state index in [1.54, 1.807) is 12.1 Å². The highest BCUT2D eigenvalue weighted by Gasteiger charge is 2.07. The number of nitriles is 2. The molecule has 0 amide bonds. The highest BCUT2D eigenvalue weighted by Crippen LogP contribution is 2.12. The molecule has 0 aromatic heterocycles. The van der Waals surface area contributed by atoms with Crippen molar-refractivity contribution >= 4 is 11.5 Å². The molecule has 1 heterocycles. The molecule has 0 saturated carbocycles. The summed E-state index contributed by atoms with van der Waals surface area (Å²) >= 11 is 0. The van der Waals surface area contributed by atoms with Crippen molar-refractivity contribution in [1.82, 2.24) is 5.32 Å². The molecule has 0 unspecified atom stereocenters. The highest BCUT2D eigenvalue weighted by molar-refractivity contribution is 6.00. The monoisotopic (exact) mass is 237 g/mol. The maximum absolute atomic E-state index is 8.62. The van der Waals surface area contributed by atoms with Crippen LogP contribution in [0.1, 0.15) is 5.56 Å². The fourth-order valence-electron chi connectivity index (χ4n) is 1.59. The number of allylic oxidation sites excluding steroid dienone is 1. The van der Waals surface area contributed by atoms with Gasteiger partial charge in [0.15, 0.2) is 0 Å². The van der Waals surface area contributed by atoms with Gasteiger partial charge >= 0.3 is 0 Å². The molecule has 0 radical (unpaired) electrons. The Balaban J connectivity index is 2.16. The molecule has 0 bridgehead atoms. The van der Waals surface area contributed by atoms with Crippen LogP contribution < -0.4 is 10.6 Å². The van der Waals surface area contributed by atoms with Gasteiger partial charge in [0.1, 0.15) is 23.5 Å². The number of rotatable bonds is 3. The number of benzene rings is 1. The third-order valence-electron chi connectivity index (χ3n) is 2.43. The van der Waals surface area contributed by atoms with Crippen LogP contribution in [0.4, 0.5) is 5.69 Å². The van der Waals surface area contributed by atoms with Crippen molar-refractivity contribution in [3.63, 3.8) is 0 Å². The molecule has 0 spiro atoms. The molecule has 5 nitrogen and oxygen atoms in total. The van der Waals surface area contributed by atoms with Crippen molar-refractivity contribution < 1.29 is 0 Å². The second-order valence-corrected chi connectivity index (χ2v) is 3.66. The molecule has 5 heteroatoms. The molecule has 0 atom stereocenters. The van der Waals surface area contributed by atoms with Crippen molar-refractivity contribution in [3.8, 4) is 12.1 Å². The Morgan fingerprint density at radius 2 is 2.22 bits per heavy atom. The molecule has 18 heavy (non-hydrogen) atoms. The summed E-state index contributed by atoms with van der Waals surface area (Å²) in [6, 6.07) is 11.2. The summed E-state index contributed by atoms with van der Waals surface area (Å²) in [5, 5.41) is 23.4. The van der Waals surface area contributed by atoms with E-state index in [4.69, 9.17) is 10.5 Å². The molecule has 88 valence electrons. The van der Waals surface area contributed by atoms with E-state index in [1.807, 2.05) is 24.3 Å². The Labute approximate surface area is 105 Å². The lowest BCUT2D eigenvalue weighted by Crippen LogP contribution is -2.19. The van der Waals surface area contributed by atoms with E-state index in [-0.39, 0.29) is 5.57 Å². The van der Waals surface area contributed by atoms with Gasteiger partial charge < -0.3 is 10.6 Å². The second kappa shape index (κ2) is 5.51. The SMILES string of the molecule is N#CC(C#N)=CNc1cccc(C2=NCCN2)c1. The van der Waals surface area contributed by atoms with Crippen LogP contribution >= 0.6 is 0 Å². The summed E-state index contributed by atoms with van der Waals surface area (Å²) in [6.45, 7) is 1.65. The molecule has 1 aromatic rings.